The van der Waals surface area contributed by atoms with Crippen molar-refractivity contribution in [2.24, 2.45) is 0 Å². The van der Waals surface area contributed by atoms with Gasteiger partial charge in [0.1, 0.15) is 0 Å². The lowest BCUT2D eigenvalue weighted by Crippen LogP contribution is -2.11. The molecule has 0 N–H and O–H groups in total. The molecule has 3 nitrogen and oxygen atoms in total. The Morgan fingerprint density at radius 1 is 0.610 bits per heavy atom. The van der Waals surface area contributed by atoms with Crippen molar-refractivity contribution in [1.29, 1.82) is 0 Å². The fraction of sp³-hybridized carbons (Fsp3) is 0.316. The number of aromatic nitrogens is 3. The van der Waals surface area contributed by atoms with Crippen LogP contribution >= 0.6 is 0 Å². The average molecular weight is 542 g/mol. The van der Waals surface area contributed by atoms with Crippen LogP contribution in [-0.4, -0.2) is 14.8 Å². The van der Waals surface area contributed by atoms with Crippen molar-refractivity contribution in [1.82, 2.24) is 14.8 Å². The zero-order valence-electron chi connectivity index (χ0n) is 26.1. The molecule has 41 heavy (non-hydrogen) atoms. The van der Waals surface area contributed by atoms with Crippen LogP contribution in [0.15, 0.2) is 84.9 Å². The number of hydrogen-bond donors (Lipinski definition) is 0. The van der Waals surface area contributed by atoms with Gasteiger partial charge in [0.25, 0.3) is 0 Å². The Kier molecular flexibility index (Phi) is 7.74. The maximum atomic E-state index is 4.90. The van der Waals surface area contributed by atoms with Crippen LogP contribution in [0.1, 0.15) is 88.1 Å². The molecular weight excluding hydrogens is 498 g/mol. The van der Waals surface area contributed by atoms with E-state index in [-0.39, 0.29) is 5.41 Å². The molecule has 5 rings (SSSR count). The van der Waals surface area contributed by atoms with Gasteiger partial charge in [0.05, 0.1) is 5.69 Å². The summed E-state index contributed by atoms with van der Waals surface area (Å²) >= 11 is 0. The molecule has 0 bridgehead atoms. The molecule has 0 spiro atoms. The second kappa shape index (κ2) is 11.1. The molecule has 0 aliphatic rings. The lowest BCUT2D eigenvalue weighted by atomic mass is 9.86. The Labute approximate surface area is 246 Å². The lowest BCUT2D eigenvalue weighted by molar-refractivity contribution is 0.590. The van der Waals surface area contributed by atoms with Crippen LogP contribution in [0.3, 0.4) is 0 Å². The highest BCUT2D eigenvalue weighted by atomic mass is 15.3. The van der Waals surface area contributed by atoms with Gasteiger partial charge in [-0.15, -0.1) is 10.2 Å². The SMILES string of the molecule is Cc1cc(C(C)C)c(-n2c(-c3cccc(-c4ccc(C(C)(C)C)cc4)c3)nnc2-c2ccccc2C)c(C(C)C)c1. The molecule has 0 atom stereocenters. The molecule has 3 heteroatoms. The second-order valence-corrected chi connectivity index (χ2v) is 13.0. The van der Waals surface area contributed by atoms with Crippen LogP contribution in [0.5, 0.6) is 0 Å². The van der Waals surface area contributed by atoms with E-state index in [4.69, 9.17) is 10.2 Å². The van der Waals surface area contributed by atoms with Crippen molar-refractivity contribution in [3.8, 4) is 39.6 Å². The third kappa shape index (κ3) is 5.63. The van der Waals surface area contributed by atoms with Crippen molar-refractivity contribution in [3.05, 3.63) is 113 Å². The first-order chi connectivity index (χ1) is 19.5. The van der Waals surface area contributed by atoms with Crippen molar-refractivity contribution in [3.63, 3.8) is 0 Å². The van der Waals surface area contributed by atoms with Gasteiger partial charge in [0.2, 0.25) is 0 Å². The Morgan fingerprint density at radius 3 is 1.78 bits per heavy atom. The van der Waals surface area contributed by atoms with Gasteiger partial charge in [0, 0.05) is 11.1 Å². The fourth-order valence-electron chi connectivity index (χ4n) is 5.66. The van der Waals surface area contributed by atoms with E-state index < -0.39 is 0 Å². The second-order valence-electron chi connectivity index (χ2n) is 13.0. The Balaban J connectivity index is 1.77. The van der Waals surface area contributed by atoms with Crippen LogP contribution in [0.25, 0.3) is 39.6 Å². The zero-order chi connectivity index (χ0) is 29.5. The molecule has 5 aromatic rings. The first-order valence-electron chi connectivity index (χ1n) is 14.8. The topological polar surface area (TPSA) is 30.7 Å². The predicted octanol–water partition coefficient (Wildman–Crippen LogP) is 10.4. The Hall–Kier alpha value is -3.98. The van der Waals surface area contributed by atoms with Crippen LogP contribution in [0.4, 0.5) is 0 Å². The van der Waals surface area contributed by atoms with E-state index in [9.17, 15) is 0 Å². The number of hydrogen-bond acceptors (Lipinski definition) is 2. The van der Waals surface area contributed by atoms with E-state index in [0.29, 0.717) is 11.8 Å². The smallest absolute Gasteiger partial charge is 0.169 e. The summed E-state index contributed by atoms with van der Waals surface area (Å²) in [5, 5.41) is 9.78. The molecule has 0 saturated heterocycles. The normalized spacial score (nSPS) is 12.0. The standard InChI is InChI=1S/C38H43N3/c1-24(2)33-21-26(5)22-34(25(3)4)35(33)41-36(39-40-37(41)32-16-11-10-13-27(32)6)30-15-12-14-29(23-30)28-17-19-31(20-18-28)38(7,8)9/h10-25H,1-9H3. The number of aryl methyl sites for hydroxylation is 2. The van der Waals surface area contributed by atoms with E-state index in [1.807, 2.05) is 0 Å². The molecule has 210 valence electrons. The molecule has 1 heterocycles. The molecule has 4 aromatic carbocycles. The first-order valence-corrected chi connectivity index (χ1v) is 14.8. The molecule has 0 fully saturated rings. The zero-order valence-corrected chi connectivity index (χ0v) is 26.1. The van der Waals surface area contributed by atoms with Crippen molar-refractivity contribution in [2.45, 2.75) is 79.6 Å². The summed E-state index contributed by atoms with van der Waals surface area (Å²) in [4.78, 5) is 0. The summed E-state index contributed by atoms with van der Waals surface area (Å²) in [5.74, 6) is 2.43. The maximum Gasteiger partial charge on any atom is 0.169 e. The quantitative estimate of drug-likeness (QED) is 0.214. The van der Waals surface area contributed by atoms with E-state index in [0.717, 1.165) is 22.8 Å². The number of rotatable bonds is 6. The van der Waals surface area contributed by atoms with Crippen LogP contribution < -0.4 is 0 Å². The minimum Gasteiger partial charge on any atom is -0.274 e. The van der Waals surface area contributed by atoms with Gasteiger partial charge >= 0.3 is 0 Å². The van der Waals surface area contributed by atoms with Gasteiger partial charge < -0.3 is 0 Å². The molecule has 0 aliphatic carbocycles. The van der Waals surface area contributed by atoms with Gasteiger partial charge in [0.15, 0.2) is 11.6 Å². The summed E-state index contributed by atoms with van der Waals surface area (Å²) in [6, 6.07) is 30.9. The highest BCUT2D eigenvalue weighted by molar-refractivity contribution is 5.75. The summed E-state index contributed by atoms with van der Waals surface area (Å²) in [6.07, 6.45) is 0. The van der Waals surface area contributed by atoms with Gasteiger partial charge in [-0.1, -0.05) is 133 Å². The van der Waals surface area contributed by atoms with Gasteiger partial charge in [-0.05, 0) is 70.5 Å². The lowest BCUT2D eigenvalue weighted by Gasteiger charge is -2.24. The maximum absolute atomic E-state index is 4.90. The number of benzene rings is 4. The summed E-state index contributed by atoms with van der Waals surface area (Å²) in [7, 11) is 0. The third-order valence-electron chi connectivity index (χ3n) is 8.03. The molecular formula is C38H43N3. The van der Waals surface area contributed by atoms with Crippen molar-refractivity contribution >= 4 is 0 Å². The van der Waals surface area contributed by atoms with E-state index in [1.165, 1.54) is 44.6 Å². The molecule has 0 unspecified atom stereocenters. The van der Waals surface area contributed by atoms with Crippen LogP contribution in [0, 0.1) is 13.8 Å². The van der Waals surface area contributed by atoms with Gasteiger partial charge in [-0.2, -0.15) is 0 Å². The fourth-order valence-corrected chi connectivity index (χ4v) is 5.66. The van der Waals surface area contributed by atoms with Crippen molar-refractivity contribution in [2.75, 3.05) is 0 Å². The number of nitrogens with zero attached hydrogens (tertiary/aromatic N) is 3. The minimum absolute atomic E-state index is 0.124. The molecule has 0 aliphatic heterocycles. The van der Waals surface area contributed by atoms with Gasteiger partial charge in [-0.25, -0.2) is 0 Å². The van der Waals surface area contributed by atoms with E-state index in [1.54, 1.807) is 0 Å². The summed E-state index contributed by atoms with van der Waals surface area (Å²) < 4.78 is 2.33. The summed E-state index contributed by atoms with van der Waals surface area (Å²) in [6.45, 7) is 20.2. The minimum atomic E-state index is 0.124. The molecule has 0 saturated carbocycles. The van der Waals surface area contributed by atoms with Gasteiger partial charge in [-0.3, -0.25) is 4.57 Å². The monoisotopic (exact) mass is 541 g/mol. The van der Waals surface area contributed by atoms with E-state index >= 15 is 0 Å². The third-order valence-corrected chi connectivity index (χ3v) is 8.03. The van der Waals surface area contributed by atoms with E-state index in [2.05, 4.69) is 152 Å². The Morgan fingerprint density at radius 2 is 1.20 bits per heavy atom. The molecule has 0 amide bonds. The first kappa shape index (κ1) is 28.5. The predicted molar refractivity (Wildman–Crippen MR) is 174 cm³/mol. The Bertz CT molecular complexity index is 1650. The van der Waals surface area contributed by atoms with Crippen molar-refractivity contribution < 1.29 is 0 Å². The highest BCUT2D eigenvalue weighted by Crippen LogP contribution is 2.39. The highest BCUT2D eigenvalue weighted by Gasteiger charge is 2.25. The van der Waals surface area contributed by atoms with Crippen LogP contribution in [0.2, 0.25) is 0 Å². The van der Waals surface area contributed by atoms with Crippen LogP contribution in [-0.2, 0) is 5.41 Å². The average Bonchev–Trinajstić information content (AvgIpc) is 3.37. The molecule has 0 radical (unpaired) electrons. The summed E-state index contributed by atoms with van der Waals surface area (Å²) in [5.41, 5.74) is 12.3. The molecule has 1 aromatic heterocycles. The largest absolute Gasteiger partial charge is 0.274 e.